The van der Waals surface area contributed by atoms with Crippen LogP contribution in [0.1, 0.15) is 53.6 Å². The Morgan fingerprint density at radius 1 is 1.00 bits per heavy atom. The van der Waals surface area contributed by atoms with Crippen molar-refractivity contribution in [2.45, 2.75) is 50.3 Å². The Morgan fingerprint density at radius 3 is 2.38 bits per heavy atom. The second-order valence-corrected chi connectivity index (χ2v) is 9.63. The Labute approximate surface area is 174 Å². The molecule has 2 aromatic carbocycles. The molecule has 2 aromatic rings. The number of amides is 1. The molecular weight excluding hydrogens is 384 g/mol. The van der Waals surface area contributed by atoms with Crippen molar-refractivity contribution >= 4 is 15.9 Å². The predicted molar refractivity (Wildman–Crippen MR) is 116 cm³/mol. The lowest BCUT2D eigenvalue weighted by molar-refractivity contribution is 0.0953. The summed E-state index contributed by atoms with van der Waals surface area (Å²) in [4.78, 5) is 12.7. The molecule has 1 amide bonds. The Bertz CT molecular complexity index is 915. The summed E-state index contributed by atoms with van der Waals surface area (Å²) in [5, 5.41) is 2.90. The van der Waals surface area contributed by atoms with Gasteiger partial charge in [0.15, 0.2) is 0 Å². The highest BCUT2D eigenvalue weighted by Gasteiger charge is 2.25. The van der Waals surface area contributed by atoms with Gasteiger partial charge in [-0.1, -0.05) is 48.7 Å². The fourth-order valence-electron chi connectivity index (χ4n) is 3.58. The van der Waals surface area contributed by atoms with E-state index in [2.05, 4.69) is 36.5 Å². The molecule has 1 fully saturated rings. The summed E-state index contributed by atoms with van der Waals surface area (Å²) in [6, 6.07) is 14.8. The molecule has 0 bridgehead atoms. The molecule has 1 aliphatic rings. The first-order chi connectivity index (χ1) is 14.0. The summed E-state index contributed by atoms with van der Waals surface area (Å²) in [5.41, 5.74) is 2.86. The number of aryl methyl sites for hydroxylation is 2. The van der Waals surface area contributed by atoms with E-state index in [1.807, 2.05) is 0 Å². The first-order valence-corrected chi connectivity index (χ1v) is 11.8. The van der Waals surface area contributed by atoms with Gasteiger partial charge >= 0.3 is 0 Å². The molecule has 0 radical (unpaired) electrons. The van der Waals surface area contributed by atoms with Gasteiger partial charge in [-0.2, -0.15) is 4.31 Å². The van der Waals surface area contributed by atoms with E-state index in [9.17, 15) is 13.2 Å². The van der Waals surface area contributed by atoms with E-state index < -0.39 is 10.0 Å². The van der Waals surface area contributed by atoms with Gasteiger partial charge in [-0.25, -0.2) is 8.42 Å². The zero-order chi connectivity index (χ0) is 20.7. The van der Waals surface area contributed by atoms with Crippen LogP contribution < -0.4 is 5.32 Å². The summed E-state index contributed by atoms with van der Waals surface area (Å²) in [7, 11) is -3.55. The number of hydrogen-bond acceptors (Lipinski definition) is 3. The van der Waals surface area contributed by atoms with Crippen LogP contribution in [0.5, 0.6) is 0 Å². The fraction of sp³-hybridized carbons (Fsp3) is 0.435. The van der Waals surface area contributed by atoms with Gasteiger partial charge in [0.2, 0.25) is 10.0 Å². The van der Waals surface area contributed by atoms with Gasteiger partial charge in [-0.3, -0.25) is 4.79 Å². The maximum Gasteiger partial charge on any atom is 0.251 e. The number of nitrogens with zero attached hydrogens (tertiary/aromatic N) is 1. The predicted octanol–water partition coefficient (Wildman–Crippen LogP) is 3.92. The molecule has 5 nitrogen and oxygen atoms in total. The van der Waals surface area contributed by atoms with Gasteiger partial charge in [0.1, 0.15) is 0 Å². The summed E-state index contributed by atoms with van der Waals surface area (Å²) >= 11 is 0. The lowest BCUT2D eigenvalue weighted by Gasteiger charge is -2.20. The first kappa shape index (κ1) is 21.5. The van der Waals surface area contributed by atoms with Crippen molar-refractivity contribution in [3.05, 3.63) is 65.2 Å². The quantitative estimate of drug-likeness (QED) is 0.698. The summed E-state index contributed by atoms with van der Waals surface area (Å²) in [5.74, 6) is -0.234. The van der Waals surface area contributed by atoms with E-state index in [1.54, 1.807) is 22.5 Å². The van der Waals surface area contributed by atoms with Crippen molar-refractivity contribution in [3.8, 4) is 0 Å². The van der Waals surface area contributed by atoms with E-state index in [1.165, 1.54) is 17.2 Å². The maximum absolute atomic E-state index is 13.0. The number of nitrogens with one attached hydrogen (secondary N) is 1. The van der Waals surface area contributed by atoms with Crippen molar-refractivity contribution in [2.75, 3.05) is 19.6 Å². The van der Waals surface area contributed by atoms with Gasteiger partial charge in [0.05, 0.1) is 4.90 Å². The minimum atomic E-state index is -3.55. The molecular formula is C23H30N2O3S. The highest BCUT2D eigenvalue weighted by molar-refractivity contribution is 7.89. The summed E-state index contributed by atoms with van der Waals surface area (Å²) < 4.78 is 27.5. The largest absolute Gasteiger partial charge is 0.352 e. The minimum absolute atomic E-state index is 0.201. The van der Waals surface area contributed by atoms with Crippen LogP contribution in [0.25, 0.3) is 0 Å². The molecule has 1 N–H and O–H groups in total. The van der Waals surface area contributed by atoms with Crippen molar-refractivity contribution < 1.29 is 13.2 Å². The van der Waals surface area contributed by atoms with Crippen LogP contribution in [0.4, 0.5) is 0 Å². The number of rotatable bonds is 7. The highest BCUT2D eigenvalue weighted by Crippen LogP contribution is 2.21. The molecule has 156 valence electrons. The third kappa shape index (κ3) is 5.90. The zero-order valence-electron chi connectivity index (χ0n) is 17.1. The van der Waals surface area contributed by atoms with E-state index in [-0.39, 0.29) is 10.8 Å². The first-order valence-electron chi connectivity index (χ1n) is 10.4. The Kier molecular flexibility index (Phi) is 7.45. The van der Waals surface area contributed by atoms with E-state index >= 15 is 0 Å². The third-order valence-electron chi connectivity index (χ3n) is 5.35. The number of carbonyl (C=O) groups is 1. The van der Waals surface area contributed by atoms with Crippen molar-refractivity contribution in [3.63, 3.8) is 0 Å². The van der Waals surface area contributed by atoms with Gasteiger partial charge in [-0.05, 0) is 56.4 Å². The van der Waals surface area contributed by atoms with Crippen molar-refractivity contribution in [1.82, 2.24) is 9.62 Å². The topological polar surface area (TPSA) is 66.5 Å². The number of carbonyl (C=O) groups excluding carboxylic acids is 1. The molecule has 0 spiro atoms. The van der Waals surface area contributed by atoms with Crippen LogP contribution in [0, 0.1) is 6.92 Å². The Hall–Kier alpha value is -2.18. The van der Waals surface area contributed by atoms with Crippen molar-refractivity contribution in [1.29, 1.82) is 0 Å². The third-order valence-corrected chi connectivity index (χ3v) is 7.24. The van der Waals surface area contributed by atoms with E-state index in [0.717, 1.165) is 38.5 Å². The normalized spacial score (nSPS) is 15.6. The summed E-state index contributed by atoms with van der Waals surface area (Å²) in [6.45, 7) is 3.72. The smallest absolute Gasteiger partial charge is 0.251 e. The van der Waals surface area contributed by atoms with Crippen molar-refractivity contribution in [2.24, 2.45) is 0 Å². The number of hydrogen-bond donors (Lipinski definition) is 1. The maximum atomic E-state index is 13.0. The van der Waals surface area contributed by atoms with Crippen LogP contribution in [-0.2, 0) is 16.4 Å². The number of benzene rings is 2. The van der Waals surface area contributed by atoms with Gasteiger partial charge in [0.25, 0.3) is 5.91 Å². The summed E-state index contributed by atoms with van der Waals surface area (Å²) in [6.07, 6.45) is 5.64. The Balaban J connectivity index is 1.57. The van der Waals surface area contributed by atoms with Crippen LogP contribution in [-0.4, -0.2) is 38.3 Å². The molecule has 0 unspecified atom stereocenters. The molecule has 0 aliphatic carbocycles. The monoisotopic (exact) mass is 414 g/mol. The van der Waals surface area contributed by atoms with Crippen LogP contribution in [0.2, 0.25) is 0 Å². The standard InChI is InChI=1S/C23H30N2O3S/c1-19-11-13-20(14-12-19)8-7-15-24-23(26)21-9-6-10-22(18-21)29(27,28)25-16-4-2-3-5-17-25/h6,9-14,18H,2-5,7-8,15-17H2,1H3,(H,24,26). The van der Waals surface area contributed by atoms with Crippen LogP contribution >= 0.6 is 0 Å². The zero-order valence-corrected chi connectivity index (χ0v) is 17.9. The molecule has 0 atom stereocenters. The van der Waals surface area contributed by atoms with Gasteiger partial charge in [-0.15, -0.1) is 0 Å². The molecule has 6 heteroatoms. The minimum Gasteiger partial charge on any atom is -0.352 e. The lowest BCUT2D eigenvalue weighted by Crippen LogP contribution is -2.32. The SMILES string of the molecule is Cc1ccc(CCCNC(=O)c2cccc(S(=O)(=O)N3CCCCCC3)c2)cc1. The Morgan fingerprint density at radius 2 is 1.69 bits per heavy atom. The fourth-order valence-corrected chi connectivity index (χ4v) is 5.14. The molecule has 1 saturated heterocycles. The second-order valence-electron chi connectivity index (χ2n) is 7.69. The van der Waals surface area contributed by atoms with Gasteiger partial charge in [0, 0.05) is 25.2 Å². The second kappa shape index (κ2) is 10.0. The molecule has 29 heavy (non-hydrogen) atoms. The van der Waals surface area contributed by atoms with E-state index in [0.29, 0.717) is 25.2 Å². The van der Waals surface area contributed by atoms with Crippen LogP contribution in [0.15, 0.2) is 53.4 Å². The molecule has 3 rings (SSSR count). The average molecular weight is 415 g/mol. The average Bonchev–Trinajstić information content (AvgIpc) is 3.02. The molecule has 0 aromatic heterocycles. The van der Waals surface area contributed by atoms with E-state index in [4.69, 9.17) is 0 Å². The van der Waals surface area contributed by atoms with Crippen LogP contribution in [0.3, 0.4) is 0 Å². The highest BCUT2D eigenvalue weighted by atomic mass is 32.2. The lowest BCUT2D eigenvalue weighted by atomic mass is 10.1. The molecule has 0 saturated carbocycles. The molecule has 1 aliphatic heterocycles. The molecule has 1 heterocycles. The van der Waals surface area contributed by atoms with Gasteiger partial charge < -0.3 is 5.32 Å². The number of sulfonamides is 1.